The first kappa shape index (κ1) is 16.2. The van der Waals surface area contributed by atoms with Crippen LogP contribution in [-0.2, 0) is 23.0 Å². The van der Waals surface area contributed by atoms with Crippen molar-refractivity contribution in [3.63, 3.8) is 0 Å². The van der Waals surface area contributed by atoms with Crippen LogP contribution in [-0.4, -0.2) is 35.4 Å². The van der Waals surface area contributed by atoms with Crippen molar-refractivity contribution >= 4 is 21.1 Å². The molecule has 0 saturated carbocycles. The maximum Gasteiger partial charge on any atom is 0.243 e. The van der Waals surface area contributed by atoms with E-state index < -0.39 is 15.8 Å². The van der Waals surface area contributed by atoms with Crippen molar-refractivity contribution in [2.24, 2.45) is 0 Å². The molecule has 130 valence electrons. The summed E-state index contributed by atoms with van der Waals surface area (Å²) in [5, 5.41) is 1.07. The van der Waals surface area contributed by atoms with Crippen molar-refractivity contribution in [3.8, 4) is 0 Å². The van der Waals surface area contributed by atoms with Gasteiger partial charge in [0.2, 0.25) is 10.0 Å². The molecule has 0 amide bonds. The van der Waals surface area contributed by atoms with Crippen LogP contribution in [0.4, 0.5) is 4.39 Å². The molecule has 3 heterocycles. The smallest absolute Gasteiger partial charge is 0.243 e. The lowest BCUT2D eigenvalue weighted by atomic mass is 10.1. The van der Waals surface area contributed by atoms with Gasteiger partial charge in [0, 0.05) is 36.9 Å². The lowest BCUT2D eigenvalue weighted by Gasteiger charge is -2.32. The Morgan fingerprint density at radius 1 is 1.24 bits per heavy atom. The highest BCUT2D eigenvalue weighted by Gasteiger charge is 2.31. The van der Waals surface area contributed by atoms with E-state index in [9.17, 15) is 12.8 Å². The van der Waals surface area contributed by atoms with E-state index in [2.05, 4.69) is 15.6 Å². The number of hydrogen-bond acceptors (Lipinski definition) is 3. The van der Waals surface area contributed by atoms with Crippen LogP contribution in [0.2, 0.25) is 0 Å². The van der Waals surface area contributed by atoms with Crippen molar-refractivity contribution in [3.05, 3.63) is 60.2 Å². The van der Waals surface area contributed by atoms with Gasteiger partial charge in [-0.15, -0.1) is 0 Å². The normalized spacial score (nSPS) is 17.8. The fraction of sp³-hybridized carbons (Fsp3) is 0.278. The van der Waals surface area contributed by atoms with Crippen molar-refractivity contribution in [1.29, 1.82) is 0 Å². The number of aromatic nitrogens is 2. The zero-order valence-corrected chi connectivity index (χ0v) is 14.6. The first-order valence-corrected chi connectivity index (χ1v) is 9.57. The van der Waals surface area contributed by atoms with E-state index in [0.29, 0.717) is 6.54 Å². The third-order valence-electron chi connectivity index (χ3n) is 4.87. The van der Waals surface area contributed by atoms with E-state index in [1.54, 1.807) is 13.2 Å². The van der Waals surface area contributed by atoms with Gasteiger partial charge in [-0.1, -0.05) is 0 Å². The summed E-state index contributed by atoms with van der Waals surface area (Å²) in [5.74, 6) is -0.450. The molecule has 0 radical (unpaired) electrons. The molecule has 3 aromatic rings. The highest BCUT2D eigenvalue weighted by atomic mass is 32.2. The van der Waals surface area contributed by atoms with Gasteiger partial charge in [0.25, 0.3) is 0 Å². The Morgan fingerprint density at radius 3 is 2.76 bits per heavy atom. The fourth-order valence-electron chi connectivity index (χ4n) is 3.43. The monoisotopic (exact) mass is 359 g/mol. The number of aryl methyl sites for hydroxylation is 1. The molecule has 1 atom stereocenters. The lowest BCUT2D eigenvalue weighted by Crippen LogP contribution is -2.42. The second kappa shape index (κ2) is 5.93. The average molecular weight is 359 g/mol. The number of nitrogens with zero attached hydrogens (tertiary/aromatic N) is 3. The number of sulfonamides is 1. The topological polar surface area (TPSA) is 55.2 Å². The molecular formula is C18H18FN3O2S. The molecular weight excluding hydrogens is 341 g/mol. The van der Waals surface area contributed by atoms with Crippen molar-refractivity contribution in [2.75, 3.05) is 7.05 Å². The minimum Gasteiger partial charge on any atom is -0.328 e. The van der Waals surface area contributed by atoms with E-state index in [1.165, 1.54) is 34.3 Å². The number of pyridine rings is 1. The van der Waals surface area contributed by atoms with E-state index >= 15 is 0 Å². The van der Waals surface area contributed by atoms with E-state index in [1.807, 2.05) is 12.1 Å². The summed E-state index contributed by atoms with van der Waals surface area (Å²) >= 11 is 0. The molecule has 0 fully saturated rings. The Hall–Kier alpha value is -2.25. The van der Waals surface area contributed by atoms with Crippen LogP contribution in [0.1, 0.15) is 12.1 Å². The van der Waals surface area contributed by atoms with Crippen LogP contribution in [0.25, 0.3) is 11.0 Å². The Labute approximate surface area is 145 Å². The maximum atomic E-state index is 13.1. The molecule has 0 N–H and O–H groups in total. The van der Waals surface area contributed by atoms with Crippen molar-refractivity contribution in [2.45, 2.75) is 30.3 Å². The molecule has 4 rings (SSSR count). The Morgan fingerprint density at radius 2 is 2.00 bits per heavy atom. The highest BCUT2D eigenvalue weighted by molar-refractivity contribution is 7.89. The first-order valence-electron chi connectivity index (χ1n) is 8.13. The third kappa shape index (κ3) is 2.73. The molecule has 0 saturated heterocycles. The molecule has 1 aliphatic heterocycles. The van der Waals surface area contributed by atoms with Crippen LogP contribution >= 0.6 is 0 Å². The van der Waals surface area contributed by atoms with Crippen LogP contribution < -0.4 is 0 Å². The molecule has 0 bridgehead atoms. The Kier molecular flexibility index (Phi) is 3.85. The number of halogens is 1. The summed E-state index contributed by atoms with van der Waals surface area (Å²) in [5.41, 5.74) is 2.06. The quantitative estimate of drug-likeness (QED) is 0.723. The third-order valence-corrected chi connectivity index (χ3v) is 6.80. The molecule has 0 unspecified atom stereocenters. The second-order valence-corrected chi connectivity index (χ2v) is 8.33. The average Bonchev–Trinajstić information content (AvgIpc) is 2.99. The zero-order chi connectivity index (χ0) is 17.6. The number of rotatable bonds is 3. The molecule has 1 aromatic carbocycles. The fourth-order valence-corrected chi connectivity index (χ4v) is 4.81. The number of likely N-dealkylation sites (N-methyl/N-ethyl adjacent to an activating group) is 1. The molecule has 0 aliphatic carbocycles. The minimum atomic E-state index is -3.66. The Balaban J connectivity index is 1.65. The van der Waals surface area contributed by atoms with Gasteiger partial charge >= 0.3 is 0 Å². The van der Waals surface area contributed by atoms with Crippen LogP contribution in [0, 0.1) is 5.82 Å². The number of fused-ring (bicyclic) bond motifs is 3. The van der Waals surface area contributed by atoms with Crippen molar-refractivity contribution < 1.29 is 12.8 Å². The summed E-state index contributed by atoms with van der Waals surface area (Å²) in [4.78, 5) is 4.54. The van der Waals surface area contributed by atoms with Crippen LogP contribution in [0.5, 0.6) is 0 Å². The summed E-state index contributed by atoms with van der Waals surface area (Å²) in [6.07, 6.45) is 3.29. The summed E-state index contributed by atoms with van der Waals surface area (Å²) in [6, 6.07) is 10.8. The van der Waals surface area contributed by atoms with Gasteiger partial charge < -0.3 is 4.57 Å². The number of hydrogen-bond donors (Lipinski definition) is 0. The van der Waals surface area contributed by atoms with Gasteiger partial charge in [-0.2, -0.15) is 4.31 Å². The van der Waals surface area contributed by atoms with E-state index in [4.69, 9.17) is 0 Å². The second-order valence-electron chi connectivity index (χ2n) is 6.33. The van der Waals surface area contributed by atoms with E-state index in [0.717, 1.165) is 23.9 Å². The predicted octanol–water partition coefficient (Wildman–Crippen LogP) is 2.81. The molecule has 25 heavy (non-hydrogen) atoms. The van der Waals surface area contributed by atoms with Gasteiger partial charge in [-0.25, -0.2) is 17.8 Å². The van der Waals surface area contributed by atoms with Crippen LogP contribution in [0.3, 0.4) is 0 Å². The maximum absolute atomic E-state index is 13.1. The van der Waals surface area contributed by atoms with Gasteiger partial charge in [-0.05, 0) is 55.3 Å². The molecule has 0 spiro atoms. The van der Waals surface area contributed by atoms with Gasteiger partial charge in [0.15, 0.2) is 0 Å². The molecule has 2 aromatic heterocycles. The van der Waals surface area contributed by atoms with Crippen molar-refractivity contribution in [1.82, 2.24) is 13.9 Å². The lowest BCUT2D eigenvalue weighted by molar-refractivity contribution is 0.294. The Bertz CT molecular complexity index is 1030. The van der Waals surface area contributed by atoms with Gasteiger partial charge in [-0.3, -0.25) is 0 Å². The molecule has 1 aliphatic rings. The minimum absolute atomic E-state index is 0.109. The zero-order valence-electron chi connectivity index (χ0n) is 13.8. The largest absolute Gasteiger partial charge is 0.328 e. The van der Waals surface area contributed by atoms with Gasteiger partial charge in [0.1, 0.15) is 11.5 Å². The SMILES string of the molecule is CN([C@@H]1CCc2cc3cccnc3n2C1)S(=O)(=O)c1ccc(F)cc1. The molecule has 7 heteroatoms. The van der Waals surface area contributed by atoms with Crippen LogP contribution in [0.15, 0.2) is 53.6 Å². The predicted molar refractivity (Wildman–Crippen MR) is 93.2 cm³/mol. The number of benzene rings is 1. The van der Waals surface area contributed by atoms with Gasteiger partial charge in [0.05, 0.1) is 4.90 Å². The highest BCUT2D eigenvalue weighted by Crippen LogP contribution is 2.28. The first-order chi connectivity index (χ1) is 12.0. The van der Waals surface area contributed by atoms with E-state index in [-0.39, 0.29) is 10.9 Å². The molecule has 5 nitrogen and oxygen atoms in total. The standard InChI is InChI=1S/C18H18FN3O2S/c1-21(25(23,24)17-8-4-14(19)5-9-17)16-7-6-15-11-13-3-2-10-20-18(13)22(15)12-16/h2-5,8-11,16H,6-7,12H2,1H3/t16-/m1/s1. The summed E-state index contributed by atoms with van der Waals surface area (Å²) in [6.45, 7) is 0.562. The summed E-state index contributed by atoms with van der Waals surface area (Å²) < 4.78 is 42.3. The summed E-state index contributed by atoms with van der Waals surface area (Å²) in [7, 11) is -2.07.